The highest BCUT2D eigenvalue weighted by molar-refractivity contribution is 7.90. The Balaban J connectivity index is 1.24. The van der Waals surface area contributed by atoms with E-state index in [0.717, 1.165) is 53.0 Å². The molecule has 0 radical (unpaired) electrons. The topological polar surface area (TPSA) is 109 Å². The van der Waals surface area contributed by atoms with E-state index in [9.17, 15) is 18.0 Å². The lowest BCUT2D eigenvalue weighted by molar-refractivity contribution is -0.120. The fourth-order valence-electron chi connectivity index (χ4n) is 5.15. The Morgan fingerprint density at radius 1 is 0.767 bits per heavy atom. The van der Waals surface area contributed by atoms with Crippen LogP contribution in [0.15, 0.2) is 83.8 Å². The average Bonchev–Trinajstić information content (AvgIpc) is 3.00. The number of hydrogen-bond donors (Lipinski definition) is 1. The molecule has 0 saturated carbocycles. The van der Waals surface area contributed by atoms with Crippen molar-refractivity contribution in [2.24, 2.45) is 0 Å². The van der Waals surface area contributed by atoms with Crippen LogP contribution in [-0.2, 0) is 26.0 Å². The molecule has 8 nitrogen and oxygen atoms in total. The number of nitrogens with one attached hydrogen (secondary N) is 1. The molecule has 2 heterocycles. The maximum atomic E-state index is 13.0. The predicted octanol–water partition coefficient (Wildman–Crippen LogP) is 6.16. The van der Waals surface area contributed by atoms with Crippen LogP contribution in [0.1, 0.15) is 55.3 Å². The lowest BCUT2D eigenvalue weighted by Gasteiger charge is -2.29. The third-order valence-electron chi connectivity index (χ3n) is 7.57. The van der Waals surface area contributed by atoms with Gasteiger partial charge in [0.25, 0.3) is 10.0 Å². The standard InChI is InChI=1S/C34H36N4O4S/c1-24-13-17-26(18-14-24)32-33(27-19-15-25(2)16-20-27)36-34-29(35-32)21-22-31(40)38(34)23-9-4-3-8-12-30(39)37-43(41,42)28-10-6-5-7-11-28/h5-7,10-11,13-20H,3-4,8-9,12,21-23H2,1-2H3,(H,37,39). The first kappa shape index (κ1) is 30.1. The molecule has 2 amide bonds. The molecule has 0 bridgehead atoms. The second kappa shape index (κ2) is 13.3. The summed E-state index contributed by atoms with van der Waals surface area (Å²) in [5, 5.41) is 0. The van der Waals surface area contributed by atoms with Gasteiger partial charge in [-0.3, -0.25) is 14.5 Å². The van der Waals surface area contributed by atoms with Crippen molar-refractivity contribution in [1.82, 2.24) is 14.7 Å². The Labute approximate surface area is 253 Å². The molecule has 222 valence electrons. The van der Waals surface area contributed by atoms with E-state index in [1.165, 1.54) is 17.7 Å². The number of anilines is 1. The van der Waals surface area contributed by atoms with Crippen molar-refractivity contribution in [3.05, 3.63) is 95.7 Å². The van der Waals surface area contributed by atoms with Gasteiger partial charge in [-0.05, 0) is 38.8 Å². The molecule has 0 saturated heterocycles. The number of aromatic nitrogens is 2. The van der Waals surface area contributed by atoms with Gasteiger partial charge in [0.2, 0.25) is 11.8 Å². The lowest BCUT2D eigenvalue weighted by Crippen LogP contribution is -2.37. The van der Waals surface area contributed by atoms with E-state index in [2.05, 4.69) is 48.0 Å². The molecule has 43 heavy (non-hydrogen) atoms. The van der Waals surface area contributed by atoms with Crippen LogP contribution < -0.4 is 9.62 Å². The first-order valence-electron chi connectivity index (χ1n) is 14.7. The van der Waals surface area contributed by atoms with Crippen molar-refractivity contribution in [3.63, 3.8) is 0 Å². The number of aryl methyl sites for hydroxylation is 3. The lowest BCUT2D eigenvalue weighted by atomic mass is 10.0. The Bertz CT molecular complexity index is 1700. The van der Waals surface area contributed by atoms with Crippen LogP contribution in [0.25, 0.3) is 22.5 Å². The van der Waals surface area contributed by atoms with E-state index in [0.29, 0.717) is 31.6 Å². The molecule has 5 rings (SSSR count). The summed E-state index contributed by atoms with van der Waals surface area (Å²) in [5.41, 5.74) is 6.63. The van der Waals surface area contributed by atoms with Gasteiger partial charge in [0.05, 0.1) is 22.0 Å². The predicted molar refractivity (Wildman–Crippen MR) is 168 cm³/mol. The van der Waals surface area contributed by atoms with Crippen molar-refractivity contribution in [1.29, 1.82) is 0 Å². The fraction of sp³-hybridized carbons (Fsp3) is 0.294. The number of amides is 2. The average molecular weight is 597 g/mol. The highest BCUT2D eigenvalue weighted by Crippen LogP contribution is 2.35. The molecule has 1 aliphatic heterocycles. The fourth-order valence-corrected chi connectivity index (χ4v) is 6.18. The second-order valence-electron chi connectivity index (χ2n) is 11.0. The third kappa shape index (κ3) is 7.35. The smallest absolute Gasteiger partial charge is 0.264 e. The molecule has 0 unspecified atom stereocenters. The number of benzene rings is 3. The molecule has 1 N–H and O–H groups in total. The first-order valence-corrected chi connectivity index (χ1v) is 16.2. The summed E-state index contributed by atoms with van der Waals surface area (Å²) in [4.78, 5) is 37.3. The van der Waals surface area contributed by atoms with Gasteiger partial charge in [-0.1, -0.05) is 90.7 Å². The van der Waals surface area contributed by atoms with Crippen LogP contribution in [0, 0.1) is 13.8 Å². The van der Waals surface area contributed by atoms with Gasteiger partial charge < -0.3 is 0 Å². The van der Waals surface area contributed by atoms with Crippen LogP contribution in [0.2, 0.25) is 0 Å². The molecule has 0 spiro atoms. The summed E-state index contributed by atoms with van der Waals surface area (Å²) in [5.74, 6) is 0.130. The quantitative estimate of drug-likeness (QED) is 0.208. The number of carbonyl (C=O) groups excluding carboxylic acids is 2. The number of hydrogen-bond acceptors (Lipinski definition) is 6. The largest absolute Gasteiger partial charge is 0.295 e. The van der Waals surface area contributed by atoms with Gasteiger partial charge in [-0.2, -0.15) is 0 Å². The minimum atomic E-state index is -3.86. The Hall–Kier alpha value is -4.37. The van der Waals surface area contributed by atoms with Gasteiger partial charge in [-0.25, -0.2) is 23.1 Å². The van der Waals surface area contributed by atoms with Crippen molar-refractivity contribution >= 4 is 27.7 Å². The highest BCUT2D eigenvalue weighted by Gasteiger charge is 2.28. The number of sulfonamides is 1. The molecule has 0 atom stereocenters. The number of rotatable bonds is 11. The van der Waals surface area contributed by atoms with E-state index in [-0.39, 0.29) is 17.2 Å². The molecule has 0 fully saturated rings. The van der Waals surface area contributed by atoms with Crippen molar-refractivity contribution in [3.8, 4) is 22.5 Å². The van der Waals surface area contributed by atoms with Crippen molar-refractivity contribution in [2.75, 3.05) is 11.4 Å². The Kier molecular flexibility index (Phi) is 9.31. The van der Waals surface area contributed by atoms with Gasteiger partial charge >= 0.3 is 0 Å². The summed E-state index contributed by atoms with van der Waals surface area (Å²) < 4.78 is 26.8. The molecular weight excluding hydrogens is 560 g/mol. The van der Waals surface area contributed by atoms with E-state index in [1.54, 1.807) is 23.1 Å². The molecule has 9 heteroatoms. The number of unbranched alkanes of at least 4 members (excludes halogenated alkanes) is 3. The zero-order valence-electron chi connectivity index (χ0n) is 24.5. The summed E-state index contributed by atoms with van der Waals surface area (Å²) in [7, 11) is -3.86. The SMILES string of the molecule is Cc1ccc(-c2nc3c(nc2-c2ccc(C)cc2)N(CCCCCCC(=O)NS(=O)(=O)c2ccccc2)C(=O)CC3)cc1. The van der Waals surface area contributed by atoms with Crippen LogP contribution in [0.3, 0.4) is 0 Å². The number of nitrogens with zero attached hydrogens (tertiary/aromatic N) is 3. The van der Waals surface area contributed by atoms with Gasteiger partial charge in [-0.15, -0.1) is 0 Å². The van der Waals surface area contributed by atoms with E-state index in [1.807, 2.05) is 19.1 Å². The maximum absolute atomic E-state index is 13.0. The monoisotopic (exact) mass is 596 g/mol. The summed E-state index contributed by atoms with van der Waals surface area (Å²) in [6.07, 6.45) is 3.86. The van der Waals surface area contributed by atoms with E-state index in [4.69, 9.17) is 9.97 Å². The minimum Gasteiger partial charge on any atom is -0.295 e. The summed E-state index contributed by atoms with van der Waals surface area (Å²) in [6.45, 7) is 4.60. The van der Waals surface area contributed by atoms with Crippen LogP contribution in [0.4, 0.5) is 5.82 Å². The second-order valence-corrected chi connectivity index (χ2v) is 12.7. The Morgan fingerprint density at radius 2 is 1.35 bits per heavy atom. The first-order chi connectivity index (χ1) is 20.7. The Morgan fingerprint density at radius 3 is 1.98 bits per heavy atom. The molecule has 4 aromatic rings. The molecule has 3 aromatic carbocycles. The summed E-state index contributed by atoms with van der Waals surface area (Å²) in [6, 6.07) is 24.3. The van der Waals surface area contributed by atoms with Crippen LogP contribution in [-0.4, -0.2) is 36.7 Å². The molecule has 0 aliphatic carbocycles. The third-order valence-corrected chi connectivity index (χ3v) is 8.96. The zero-order chi connectivity index (χ0) is 30.4. The van der Waals surface area contributed by atoms with Gasteiger partial charge in [0.1, 0.15) is 0 Å². The molecular formula is C34H36N4O4S. The molecule has 1 aliphatic rings. The summed E-state index contributed by atoms with van der Waals surface area (Å²) >= 11 is 0. The van der Waals surface area contributed by atoms with E-state index < -0.39 is 15.9 Å². The molecule has 1 aromatic heterocycles. The maximum Gasteiger partial charge on any atom is 0.264 e. The van der Waals surface area contributed by atoms with Crippen molar-refractivity contribution in [2.45, 2.75) is 63.7 Å². The normalized spacial score (nSPS) is 13.1. The zero-order valence-corrected chi connectivity index (χ0v) is 25.4. The van der Waals surface area contributed by atoms with Gasteiger partial charge in [0.15, 0.2) is 5.82 Å². The van der Waals surface area contributed by atoms with Crippen LogP contribution in [0.5, 0.6) is 0 Å². The van der Waals surface area contributed by atoms with Crippen molar-refractivity contribution < 1.29 is 18.0 Å². The van der Waals surface area contributed by atoms with E-state index >= 15 is 0 Å². The van der Waals surface area contributed by atoms with Crippen LogP contribution >= 0.6 is 0 Å². The number of fused-ring (bicyclic) bond motifs is 1. The minimum absolute atomic E-state index is 0.0326. The highest BCUT2D eigenvalue weighted by atomic mass is 32.2. The van der Waals surface area contributed by atoms with Gasteiger partial charge in [0, 0.05) is 36.9 Å². The number of carbonyl (C=O) groups is 2.